The third kappa shape index (κ3) is 4.46. The van der Waals surface area contributed by atoms with Gasteiger partial charge >= 0.3 is 6.03 Å². The van der Waals surface area contributed by atoms with Crippen molar-refractivity contribution in [2.24, 2.45) is 0 Å². The Kier molecular flexibility index (Phi) is 5.81. The Labute approximate surface area is 206 Å². The van der Waals surface area contributed by atoms with Crippen LogP contribution >= 0.6 is 0 Å². The predicted molar refractivity (Wildman–Crippen MR) is 132 cm³/mol. The number of urea groups is 1. The summed E-state index contributed by atoms with van der Waals surface area (Å²) in [4.78, 5) is 36.2. The molecule has 180 valence electrons. The molecule has 0 bridgehead atoms. The highest BCUT2D eigenvalue weighted by atomic mass is 16.4. The topological polar surface area (TPSA) is 126 Å². The van der Waals surface area contributed by atoms with E-state index in [0.29, 0.717) is 35.0 Å². The van der Waals surface area contributed by atoms with E-state index in [1.165, 1.54) is 0 Å². The van der Waals surface area contributed by atoms with E-state index in [4.69, 9.17) is 4.42 Å². The van der Waals surface area contributed by atoms with Crippen molar-refractivity contribution in [2.75, 3.05) is 0 Å². The molecule has 9 heteroatoms. The molecule has 4 amide bonds. The van der Waals surface area contributed by atoms with Gasteiger partial charge in [-0.1, -0.05) is 42.0 Å². The molecule has 3 aromatic carbocycles. The molecule has 1 unspecified atom stereocenters. The molecule has 5 rings (SSSR count). The number of hydrogen-bond donors (Lipinski definition) is 3. The maximum Gasteiger partial charge on any atom is 0.322 e. The lowest BCUT2D eigenvalue weighted by Gasteiger charge is -2.21. The Bertz CT molecular complexity index is 1460. The van der Waals surface area contributed by atoms with Gasteiger partial charge in [-0.05, 0) is 61.4 Å². The summed E-state index contributed by atoms with van der Waals surface area (Å²) < 4.78 is 5.81. The van der Waals surface area contributed by atoms with Crippen LogP contribution in [0.5, 0.6) is 0 Å². The number of imide groups is 1. The summed E-state index contributed by atoms with van der Waals surface area (Å²) in [5, 5.41) is 16.0. The monoisotopic (exact) mass is 481 g/mol. The van der Waals surface area contributed by atoms with Crippen LogP contribution in [0.4, 0.5) is 4.79 Å². The van der Waals surface area contributed by atoms with Gasteiger partial charge in [-0.15, -0.1) is 10.2 Å². The minimum Gasteiger partial charge on any atom is -0.416 e. The van der Waals surface area contributed by atoms with E-state index in [9.17, 15) is 14.4 Å². The minimum atomic E-state index is -1.11. The molecule has 0 radical (unpaired) electrons. The van der Waals surface area contributed by atoms with Crippen molar-refractivity contribution in [1.82, 2.24) is 26.1 Å². The van der Waals surface area contributed by atoms with Crippen LogP contribution in [-0.2, 0) is 16.9 Å². The van der Waals surface area contributed by atoms with Gasteiger partial charge in [0.25, 0.3) is 11.8 Å². The van der Waals surface area contributed by atoms with Crippen molar-refractivity contribution in [3.05, 3.63) is 95.1 Å². The molecule has 1 fully saturated rings. The van der Waals surface area contributed by atoms with Crippen LogP contribution in [0.25, 0.3) is 22.9 Å². The van der Waals surface area contributed by atoms with Gasteiger partial charge in [0.05, 0.1) is 0 Å². The zero-order valence-electron chi connectivity index (χ0n) is 19.7. The van der Waals surface area contributed by atoms with Crippen molar-refractivity contribution in [1.29, 1.82) is 0 Å². The fourth-order valence-electron chi connectivity index (χ4n) is 3.99. The van der Waals surface area contributed by atoms with Crippen molar-refractivity contribution in [3.8, 4) is 22.9 Å². The highest BCUT2D eigenvalue weighted by molar-refractivity contribution is 6.07. The fraction of sp³-hybridized carbons (Fsp3) is 0.148. The quantitative estimate of drug-likeness (QED) is 0.361. The lowest BCUT2D eigenvalue weighted by molar-refractivity contribution is -0.123. The van der Waals surface area contributed by atoms with Crippen LogP contribution < -0.4 is 16.0 Å². The summed E-state index contributed by atoms with van der Waals surface area (Å²) in [5.74, 6) is 0.181. The maximum absolute atomic E-state index is 12.6. The second-order valence-electron chi connectivity index (χ2n) is 8.77. The van der Waals surface area contributed by atoms with Crippen molar-refractivity contribution in [3.63, 3.8) is 0 Å². The molecule has 1 saturated heterocycles. The average Bonchev–Trinajstić information content (AvgIpc) is 3.47. The van der Waals surface area contributed by atoms with Gasteiger partial charge in [-0.25, -0.2) is 4.79 Å². The van der Waals surface area contributed by atoms with Gasteiger partial charge in [-0.3, -0.25) is 14.9 Å². The Morgan fingerprint density at radius 1 is 0.944 bits per heavy atom. The van der Waals surface area contributed by atoms with Gasteiger partial charge in [0, 0.05) is 23.2 Å². The molecular formula is C27H23N5O4. The first-order valence-electron chi connectivity index (χ1n) is 11.3. The SMILES string of the molecule is Cc1cccc(-c2nnc(-c3ccc(C(=O)NCc4ccc(C5(C)NC(=O)NC5=O)cc4)cc3)o2)c1. The van der Waals surface area contributed by atoms with Gasteiger partial charge in [0.2, 0.25) is 11.8 Å². The number of aromatic nitrogens is 2. The number of hydrogen-bond acceptors (Lipinski definition) is 6. The van der Waals surface area contributed by atoms with Crippen LogP contribution in [0.2, 0.25) is 0 Å². The molecule has 0 saturated carbocycles. The Balaban J connectivity index is 1.21. The first-order chi connectivity index (χ1) is 17.3. The molecule has 2 heterocycles. The number of aryl methyl sites for hydroxylation is 1. The minimum absolute atomic E-state index is 0.231. The van der Waals surface area contributed by atoms with E-state index in [2.05, 4.69) is 26.1 Å². The van der Waals surface area contributed by atoms with Crippen LogP contribution in [0.1, 0.15) is 34.0 Å². The van der Waals surface area contributed by atoms with Gasteiger partial charge in [0.1, 0.15) is 5.54 Å². The number of amides is 4. The van der Waals surface area contributed by atoms with Crippen molar-refractivity contribution >= 4 is 17.8 Å². The van der Waals surface area contributed by atoms with E-state index in [-0.39, 0.29) is 5.91 Å². The molecule has 1 aliphatic heterocycles. The number of nitrogens with one attached hydrogen (secondary N) is 3. The highest BCUT2D eigenvalue weighted by Gasteiger charge is 2.43. The van der Waals surface area contributed by atoms with E-state index in [1.54, 1.807) is 43.3 Å². The summed E-state index contributed by atoms with van der Waals surface area (Å²) in [6.45, 7) is 3.95. The average molecular weight is 482 g/mol. The summed E-state index contributed by atoms with van der Waals surface area (Å²) in [6, 6.07) is 21.4. The molecule has 0 spiro atoms. The fourth-order valence-corrected chi connectivity index (χ4v) is 3.99. The number of benzene rings is 3. The van der Waals surface area contributed by atoms with Crippen LogP contribution in [0, 0.1) is 6.92 Å². The van der Waals surface area contributed by atoms with Crippen LogP contribution in [0.3, 0.4) is 0 Å². The molecule has 36 heavy (non-hydrogen) atoms. The Hall–Kier alpha value is -4.79. The number of carbonyl (C=O) groups is 3. The first kappa shape index (κ1) is 23.0. The molecule has 3 N–H and O–H groups in total. The molecular weight excluding hydrogens is 458 g/mol. The molecule has 1 aliphatic rings. The molecule has 4 aromatic rings. The van der Waals surface area contributed by atoms with Gasteiger partial charge < -0.3 is 15.1 Å². The van der Waals surface area contributed by atoms with E-state index in [1.807, 2.05) is 43.3 Å². The first-order valence-corrected chi connectivity index (χ1v) is 11.3. The smallest absolute Gasteiger partial charge is 0.322 e. The lowest BCUT2D eigenvalue weighted by atomic mass is 9.91. The summed E-state index contributed by atoms with van der Waals surface area (Å²) in [7, 11) is 0. The lowest BCUT2D eigenvalue weighted by Crippen LogP contribution is -2.40. The third-order valence-electron chi connectivity index (χ3n) is 6.11. The maximum atomic E-state index is 12.6. The second-order valence-corrected chi connectivity index (χ2v) is 8.77. The van der Waals surface area contributed by atoms with E-state index >= 15 is 0 Å². The largest absolute Gasteiger partial charge is 0.416 e. The number of rotatable bonds is 6. The predicted octanol–water partition coefficient (Wildman–Crippen LogP) is 3.70. The molecule has 1 aromatic heterocycles. The molecule has 9 nitrogen and oxygen atoms in total. The van der Waals surface area contributed by atoms with Crippen molar-refractivity contribution in [2.45, 2.75) is 25.9 Å². The normalized spacial score (nSPS) is 16.9. The molecule has 0 aliphatic carbocycles. The van der Waals surface area contributed by atoms with Crippen LogP contribution in [0.15, 0.2) is 77.2 Å². The second kappa shape index (κ2) is 9.10. The van der Waals surface area contributed by atoms with Gasteiger partial charge in [0.15, 0.2) is 0 Å². The van der Waals surface area contributed by atoms with Crippen molar-refractivity contribution < 1.29 is 18.8 Å². The number of nitrogens with zero attached hydrogens (tertiary/aromatic N) is 2. The van der Waals surface area contributed by atoms with Gasteiger partial charge in [-0.2, -0.15) is 0 Å². The summed E-state index contributed by atoms with van der Waals surface area (Å²) in [6.07, 6.45) is 0. The summed E-state index contributed by atoms with van der Waals surface area (Å²) >= 11 is 0. The molecule has 1 atom stereocenters. The highest BCUT2D eigenvalue weighted by Crippen LogP contribution is 2.26. The van der Waals surface area contributed by atoms with E-state index in [0.717, 1.165) is 16.7 Å². The summed E-state index contributed by atoms with van der Waals surface area (Å²) in [5.41, 5.74) is 3.55. The third-order valence-corrected chi connectivity index (χ3v) is 6.11. The Morgan fingerprint density at radius 2 is 1.64 bits per heavy atom. The zero-order valence-corrected chi connectivity index (χ0v) is 19.7. The number of carbonyl (C=O) groups excluding carboxylic acids is 3. The zero-order chi connectivity index (χ0) is 25.3. The van der Waals surface area contributed by atoms with E-state index < -0.39 is 17.5 Å². The standard InChI is InChI=1S/C27H23N5O4/c1-16-4-3-5-20(14-16)24-32-31-23(36-24)19-10-8-18(9-11-19)22(33)28-15-17-6-12-21(13-7-17)27(2)25(34)29-26(35)30-27/h3-14H,15H2,1-2H3,(H,28,33)(H2,29,30,34,35). The van der Waals surface area contributed by atoms with Crippen LogP contribution in [-0.4, -0.2) is 28.0 Å². The Morgan fingerprint density at radius 3 is 2.28 bits per heavy atom.